The molecule has 0 aliphatic rings. The molecule has 0 saturated carbocycles. The predicted octanol–water partition coefficient (Wildman–Crippen LogP) is 1.41. The van der Waals surface area contributed by atoms with Gasteiger partial charge in [-0.05, 0) is 26.0 Å². The molecule has 0 amide bonds. The summed E-state index contributed by atoms with van der Waals surface area (Å²) in [5.74, 6) is 1.45. The van der Waals surface area contributed by atoms with Crippen molar-refractivity contribution in [3.05, 3.63) is 22.5 Å². The second kappa shape index (κ2) is 3.63. The zero-order chi connectivity index (χ0) is 8.27. The molecular formula is C9H11ClO. The molecule has 1 heterocycles. The summed E-state index contributed by atoms with van der Waals surface area (Å²) < 4.78 is 5.37. The summed E-state index contributed by atoms with van der Waals surface area (Å²) >= 11 is 5.56. The first kappa shape index (κ1) is 8.41. The van der Waals surface area contributed by atoms with E-state index in [2.05, 4.69) is 0 Å². The fraction of sp³-hybridized carbons (Fsp3) is 0.333. The summed E-state index contributed by atoms with van der Waals surface area (Å²) in [6.07, 6.45) is 3.87. The lowest BCUT2D eigenvalue weighted by Gasteiger charge is -1.75. The van der Waals surface area contributed by atoms with Crippen LogP contribution in [0.25, 0.3) is 12.2 Å². The molecule has 1 aromatic heterocycles. The Balaban J connectivity index is 3.36. The summed E-state index contributed by atoms with van der Waals surface area (Å²) in [4.78, 5) is 0. The van der Waals surface area contributed by atoms with Gasteiger partial charge >= 0.3 is 0 Å². The normalized spacial score (nSPS) is 14.5. The van der Waals surface area contributed by atoms with Crippen LogP contribution in [0, 0.1) is 6.92 Å². The van der Waals surface area contributed by atoms with Gasteiger partial charge in [0, 0.05) is 11.1 Å². The van der Waals surface area contributed by atoms with Crippen molar-refractivity contribution in [3.8, 4) is 0 Å². The van der Waals surface area contributed by atoms with Crippen molar-refractivity contribution in [2.45, 2.75) is 13.8 Å². The van der Waals surface area contributed by atoms with Crippen molar-refractivity contribution < 1.29 is 4.42 Å². The second-order valence-corrected chi connectivity index (χ2v) is 2.63. The molecule has 0 fully saturated rings. The Morgan fingerprint density at radius 3 is 2.91 bits per heavy atom. The van der Waals surface area contributed by atoms with E-state index >= 15 is 0 Å². The fourth-order valence-electron chi connectivity index (χ4n) is 1.02. The van der Waals surface area contributed by atoms with Gasteiger partial charge in [-0.1, -0.05) is 6.08 Å². The molecule has 0 unspecified atom stereocenters. The van der Waals surface area contributed by atoms with Crippen LogP contribution in [-0.2, 0) is 0 Å². The van der Waals surface area contributed by atoms with Gasteiger partial charge in [-0.15, -0.1) is 11.6 Å². The van der Waals surface area contributed by atoms with E-state index < -0.39 is 0 Å². The molecule has 1 aromatic rings. The van der Waals surface area contributed by atoms with Crippen LogP contribution in [-0.4, -0.2) is 5.88 Å². The molecule has 0 spiro atoms. The molecule has 1 rings (SSSR count). The average Bonchev–Trinajstić information content (AvgIpc) is 2.32. The Labute approximate surface area is 71.0 Å². The highest BCUT2D eigenvalue weighted by Crippen LogP contribution is 1.85. The predicted molar refractivity (Wildman–Crippen MR) is 48.0 cm³/mol. The first-order valence-electron chi connectivity index (χ1n) is 3.57. The maximum atomic E-state index is 5.56. The van der Waals surface area contributed by atoms with Crippen molar-refractivity contribution in [1.82, 2.24) is 0 Å². The first-order chi connectivity index (χ1) is 5.27. The number of alkyl halides is 1. The van der Waals surface area contributed by atoms with Crippen LogP contribution in [0.4, 0.5) is 0 Å². The van der Waals surface area contributed by atoms with E-state index in [-0.39, 0.29) is 0 Å². The van der Waals surface area contributed by atoms with Gasteiger partial charge in [0.15, 0.2) is 0 Å². The number of hydrogen-bond donors (Lipinski definition) is 0. The van der Waals surface area contributed by atoms with E-state index in [0.717, 1.165) is 16.4 Å². The standard InChI is InChI=1S/C9H11ClO/c1-3-9-8(4-5-10)6-7(2)11-9/h3-4,6H,5H2,1-2H3/b8-4-,9-3+. The van der Waals surface area contributed by atoms with Gasteiger partial charge in [0.05, 0.1) is 0 Å². The molecule has 11 heavy (non-hydrogen) atoms. The van der Waals surface area contributed by atoms with E-state index in [0.29, 0.717) is 5.88 Å². The zero-order valence-corrected chi connectivity index (χ0v) is 7.48. The highest BCUT2D eigenvalue weighted by molar-refractivity contribution is 6.20. The lowest BCUT2D eigenvalue weighted by molar-refractivity contribution is 0.501. The number of furan rings is 1. The summed E-state index contributed by atoms with van der Waals surface area (Å²) in [5.41, 5.74) is 0.906. The van der Waals surface area contributed by atoms with Gasteiger partial charge in [-0.25, -0.2) is 0 Å². The van der Waals surface area contributed by atoms with Gasteiger partial charge in [-0.2, -0.15) is 0 Å². The van der Waals surface area contributed by atoms with Gasteiger partial charge in [0.25, 0.3) is 0 Å². The van der Waals surface area contributed by atoms with Gasteiger partial charge < -0.3 is 4.42 Å². The molecule has 0 radical (unpaired) electrons. The van der Waals surface area contributed by atoms with E-state index in [4.69, 9.17) is 16.0 Å². The maximum Gasteiger partial charge on any atom is 0.129 e. The summed E-state index contributed by atoms with van der Waals surface area (Å²) in [6, 6.07) is 1.98. The highest BCUT2D eigenvalue weighted by atomic mass is 35.5. The molecule has 0 atom stereocenters. The van der Waals surface area contributed by atoms with Crippen molar-refractivity contribution in [1.29, 1.82) is 0 Å². The molecule has 1 nitrogen and oxygen atoms in total. The minimum atomic E-state index is 0.528. The van der Waals surface area contributed by atoms with Crippen molar-refractivity contribution in [2.75, 3.05) is 5.88 Å². The molecule has 0 saturated heterocycles. The maximum absolute atomic E-state index is 5.56. The lowest BCUT2D eigenvalue weighted by Crippen LogP contribution is -2.18. The molecule has 60 valence electrons. The van der Waals surface area contributed by atoms with Crippen LogP contribution in [0.1, 0.15) is 12.7 Å². The molecule has 0 aliphatic heterocycles. The molecule has 0 bridgehead atoms. The van der Waals surface area contributed by atoms with Crippen LogP contribution in [0.3, 0.4) is 0 Å². The Kier molecular flexibility index (Phi) is 2.77. The third-order valence-corrected chi connectivity index (χ3v) is 1.63. The van der Waals surface area contributed by atoms with Crippen LogP contribution in [0.5, 0.6) is 0 Å². The third kappa shape index (κ3) is 1.87. The largest absolute Gasteiger partial charge is 0.462 e. The topological polar surface area (TPSA) is 13.1 Å². The second-order valence-electron chi connectivity index (χ2n) is 2.32. The summed E-state index contributed by atoms with van der Waals surface area (Å²) in [7, 11) is 0. The van der Waals surface area contributed by atoms with Crippen LogP contribution in [0.2, 0.25) is 0 Å². The third-order valence-electron chi connectivity index (χ3n) is 1.47. The van der Waals surface area contributed by atoms with Crippen molar-refractivity contribution in [3.63, 3.8) is 0 Å². The van der Waals surface area contributed by atoms with Gasteiger partial charge in [0.1, 0.15) is 11.2 Å². The average molecular weight is 171 g/mol. The van der Waals surface area contributed by atoms with Crippen LogP contribution in [0.15, 0.2) is 10.5 Å². The number of halogens is 1. The molecule has 0 aliphatic carbocycles. The molecular weight excluding hydrogens is 160 g/mol. The van der Waals surface area contributed by atoms with Crippen molar-refractivity contribution >= 4 is 23.8 Å². The van der Waals surface area contributed by atoms with E-state index in [1.165, 1.54) is 0 Å². The Morgan fingerprint density at radius 1 is 1.64 bits per heavy atom. The molecule has 0 aromatic carbocycles. The highest BCUT2D eigenvalue weighted by Gasteiger charge is 1.90. The van der Waals surface area contributed by atoms with E-state index in [1.54, 1.807) is 0 Å². The monoisotopic (exact) mass is 170 g/mol. The SMILES string of the molecule is C/C=c1/oc(C)c/c1=C/CCl. The molecule has 2 heteroatoms. The minimum absolute atomic E-state index is 0.528. The Hall–Kier alpha value is -0.690. The zero-order valence-electron chi connectivity index (χ0n) is 6.73. The van der Waals surface area contributed by atoms with Crippen molar-refractivity contribution in [2.24, 2.45) is 0 Å². The van der Waals surface area contributed by atoms with E-state index in [1.807, 2.05) is 32.1 Å². The van der Waals surface area contributed by atoms with Gasteiger partial charge in [-0.3, -0.25) is 0 Å². The number of hydrogen-bond acceptors (Lipinski definition) is 1. The van der Waals surface area contributed by atoms with Gasteiger partial charge in [0.2, 0.25) is 0 Å². The number of aryl methyl sites for hydroxylation is 1. The molecule has 0 N–H and O–H groups in total. The quantitative estimate of drug-likeness (QED) is 0.581. The fourth-order valence-corrected chi connectivity index (χ4v) is 1.19. The summed E-state index contributed by atoms with van der Waals surface area (Å²) in [5, 5.41) is 1.08. The van der Waals surface area contributed by atoms with Crippen LogP contribution < -0.4 is 10.6 Å². The first-order valence-corrected chi connectivity index (χ1v) is 4.10. The minimum Gasteiger partial charge on any atom is -0.462 e. The number of rotatable bonds is 1. The Bertz CT molecular complexity index is 335. The Morgan fingerprint density at radius 2 is 2.36 bits per heavy atom. The van der Waals surface area contributed by atoms with E-state index in [9.17, 15) is 0 Å². The summed E-state index contributed by atoms with van der Waals surface area (Å²) in [6.45, 7) is 3.88. The lowest BCUT2D eigenvalue weighted by atomic mass is 10.3. The smallest absolute Gasteiger partial charge is 0.129 e. The van der Waals surface area contributed by atoms with Crippen LogP contribution >= 0.6 is 11.6 Å².